The molecule has 0 atom stereocenters. The molecule has 4 nitrogen and oxygen atoms in total. The third-order valence-corrected chi connectivity index (χ3v) is 3.43. The molecule has 0 radical (unpaired) electrons. The Balaban J connectivity index is 2.09. The van der Waals surface area contributed by atoms with Gasteiger partial charge in [-0.2, -0.15) is 5.26 Å². The molecule has 21 heavy (non-hydrogen) atoms. The van der Waals surface area contributed by atoms with Crippen molar-refractivity contribution in [3.63, 3.8) is 0 Å². The molecule has 6 heteroatoms. The number of nitrogens with one attached hydrogen (secondary N) is 1. The van der Waals surface area contributed by atoms with Gasteiger partial charge < -0.3 is 5.32 Å². The van der Waals surface area contributed by atoms with Crippen molar-refractivity contribution in [1.82, 2.24) is 9.97 Å². The zero-order valence-corrected chi connectivity index (χ0v) is 12.2. The maximum Gasteiger partial charge on any atom is 0.133 e. The van der Waals surface area contributed by atoms with Crippen LogP contribution in [-0.4, -0.2) is 9.97 Å². The second-order valence-corrected chi connectivity index (χ2v) is 5.09. The van der Waals surface area contributed by atoms with Crippen LogP contribution in [0.1, 0.15) is 5.56 Å². The Labute approximate surface area is 131 Å². The van der Waals surface area contributed by atoms with Crippen molar-refractivity contribution in [1.29, 1.82) is 5.26 Å². The maximum absolute atomic E-state index is 8.97. The zero-order chi connectivity index (χ0) is 14.8. The number of nitriles is 1. The van der Waals surface area contributed by atoms with E-state index in [2.05, 4.69) is 15.3 Å². The lowest BCUT2D eigenvalue weighted by atomic mass is 10.2. The molecular formula is C15H8Cl2N4. The molecule has 1 N–H and O–H groups in total. The van der Waals surface area contributed by atoms with Gasteiger partial charge in [0.1, 0.15) is 11.0 Å². The van der Waals surface area contributed by atoms with Crippen molar-refractivity contribution in [2.75, 3.05) is 5.32 Å². The van der Waals surface area contributed by atoms with Crippen LogP contribution in [0.5, 0.6) is 0 Å². The van der Waals surface area contributed by atoms with Gasteiger partial charge in [0, 0.05) is 11.6 Å². The van der Waals surface area contributed by atoms with Crippen LogP contribution < -0.4 is 5.32 Å². The number of anilines is 2. The van der Waals surface area contributed by atoms with Crippen LogP contribution in [0.15, 0.2) is 42.6 Å². The maximum atomic E-state index is 8.97. The predicted octanol–water partition coefficient (Wildman–Crippen LogP) is 4.55. The number of halogens is 2. The molecule has 102 valence electrons. The van der Waals surface area contributed by atoms with Gasteiger partial charge in [0.2, 0.25) is 0 Å². The molecule has 0 unspecified atom stereocenters. The van der Waals surface area contributed by atoms with Crippen molar-refractivity contribution in [2.45, 2.75) is 0 Å². The number of hydrogen-bond donors (Lipinski definition) is 1. The molecule has 2 heterocycles. The smallest absolute Gasteiger partial charge is 0.133 e. The van der Waals surface area contributed by atoms with Gasteiger partial charge in [-0.1, -0.05) is 23.2 Å². The van der Waals surface area contributed by atoms with E-state index >= 15 is 0 Å². The first-order chi connectivity index (χ1) is 10.2. The Kier molecular flexibility index (Phi) is 3.61. The average Bonchev–Trinajstić information content (AvgIpc) is 2.50. The molecule has 0 aliphatic carbocycles. The first-order valence-electron chi connectivity index (χ1n) is 6.05. The van der Waals surface area contributed by atoms with E-state index in [1.165, 1.54) is 6.07 Å². The van der Waals surface area contributed by atoms with Crippen LogP contribution >= 0.6 is 23.2 Å². The van der Waals surface area contributed by atoms with Crippen molar-refractivity contribution in [2.24, 2.45) is 0 Å². The van der Waals surface area contributed by atoms with Gasteiger partial charge in [-0.25, -0.2) is 4.98 Å². The Bertz CT molecular complexity index is 871. The quantitative estimate of drug-likeness (QED) is 0.705. The molecular weight excluding hydrogens is 307 g/mol. The first-order valence-corrected chi connectivity index (χ1v) is 6.81. The number of pyridine rings is 2. The fourth-order valence-corrected chi connectivity index (χ4v) is 2.43. The number of rotatable bonds is 2. The zero-order valence-electron chi connectivity index (χ0n) is 10.6. The highest BCUT2D eigenvalue weighted by atomic mass is 35.5. The Morgan fingerprint density at radius 1 is 1.14 bits per heavy atom. The summed E-state index contributed by atoms with van der Waals surface area (Å²) >= 11 is 12.1. The summed E-state index contributed by atoms with van der Waals surface area (Å²) in [5, 5.41) is 13.8. The molecule has 3 rings (SSSR count). The lowest BCUT2D eigenvalue weighted by Gasteiger charge is -2.10. The number of hydrogen-bond acceptors (Lipinski definition) is 4. The Morgan fingerprint density at radius 3 is 2.81 bits per heavy atom. The standard InChI is InChI=1S/C15H8Cl2N4/c16-11-3-4-12(15-10(11)2-1-5-19-15)20-14-7-9(8-18)6-13(17)21-14/h1-7H,(H,20,21). The fraction of sp³-hybridized carbons (Fsp3) is 0. The van der Waals surface area contributed by atoms with Gasteiger partial charge in [0.15, 0.2) is 0 Å². The Hall–Kier alpha value is -2.35. The van der Waals surface area contributed by atoms with E-state index in [-0.39, 0.29) is 5.15 Å². The lowest BCUT2D eigenvalue weighted by molar-refractivity contribution is 1.29. The first kappa shape index (κ1) is 13.6. The van der Waals surface area contributed by atoms with E-state index in [4.69, 9.17) is 28.5 Å². The normalized spacial score (nSPS) is 10.3. The van der Waals surface area contributed by atoms with E-state index < -0.39 is 0 Å². The van der Waals surface area contributed by atoms with Crippen molar-refractivity contribution in [3.05, 3.63) is 58.3 Å². The molecule has 0 saturated carbocycles. The number of benzene rings is 1. The molecule has 2 aromatic heterocycles. The highest BCUT2D eigenvalue weighted by molar-refractivity contribution is 6.35. The molecule has 0 spiro atoms. The van der Waals surface area contributed by atoms with Crippen LogP contribution in [0.3, 0.4) is 0 Å². The van der Waals surface area contributed by atoms with E-state index in [9.17, 15) is 0 Å². The van der Waals surface area contributed by atoms with E-state index in [1.54, 1.807) is 18.3 Å². The van der Waals surface area contributed by atoms with Crippen LogP contribution in [0.25, 0.3) is 10.9 Å². The minimum Gasteiger partial charge on any atom is -0.338 e. The SMILES string of the molecule is N#Cc1cc(Cl)nc(Nc2ccc(Cl)c3cccnc23)c1. The highest BCUT2D eigenvalue weighted by Crippen LogP contribution is 2.30. The largest absolute Gasteiger partial charge is 0.338 e. The second-order valence-electron chi connectivity index (χ2n) is 4.30. The topological polar surface area (TPSA) is 61.6 Å². The van der Waals surface area contributed by atoms with Crippen LogP contribution in [0.2, 0.25) is 10.2 Å². The summed E-state index contributed by atoms with van der Waals surface area (Å²) in [6.45, 7) is 0. The summed E-state index contributed by atoms with van der Waals surface area (Å²) in [7, 11) is 0. The molecule has 1 aromatic carbocycles. The second kappa shape index (κ2) is 5.57. The molecule has 0 bridgehead atoms. The molecule has 0 saturated heterocycles. The molecule has 0 aliphatic rings. The fourth-order valence-electron chi connectivity index (χ4n) is 2.00. The van der Waals surface area contributed by atoms with Gasteiger partial charge in [-0.05, 0) is 36.4 Å². The van der Waals surface area contributed by atoms with Gasteiger partial charge in [-0.3, -0.25) is 4.98 Å². The summed E-state index contributed by atoms with van der Waals surface area (Å²) in [5.74, 6) is 0.480. The van der Waals surface area contributed by atoms with Crippen molar-refractivity contribution in [3.8, 4) is 6.07 Å². The number of fused-ring (bicyclic) bond motifs is 1. The Morgan fingerprint density at radius 2 is 2.00 bits per heavy atom. The summed E-state index contributed by atoms with van der Waals surface area (Å²) in [4.78, 5) is 8.48. The van der Waals surface area contributed by atoms with E-state index in [0.29, 0.717) is 16.4 Å². The summed E-state index contributed by atoms with van der Waals surface area (Å²) in [5.41, 5.74) is 1.91. The highest BCUT2D eigenvalue weighted by Gasteiger charge is 2.08. The lowest BCUT2D eigenvalue weighted by Crippen LogP contribution is -1.96. The minimum absolute atomic E-state index is 0.253. The van der Waals surface area contributed by atoms with Gasteiger partial charge in [-0.15, -0.1) is 0 Å². The predicted molar refractivity (Wildman–Crippen MR) is 84.0 cm³/mol. The van der Waals surface area contributed by atoms with Crippen LogP contribution in [-0.2, 0) is 0 Å². The van der Waals surface area contributed by atoms with E-state index in [1.807, 2.05) is 24.3 Å². The molecule has 0 amide bonds. The summed E-state index contributed by atoms with van der Waals surface area (Å²) in [6, 6.07) is 12.5. The van der Waals surface area contributed by atoms with Crippen LogP contribution in [0.4, 0.5) is 11.5 Å². The monoisotopic (exact) mass is 314 g/mol. The number of nitrogens with zero attached hydrogens (tertiary/aromatic N) is 3. The van der Waals surface area contributed by atoms with Crippen molar-refractivity contribution >= 4 is 45.6 Å². The minimum atomic E-state index is 0.253. The number of aromatic nitrogens is 2. The van der Waals surface area contributed by atoms with Gasteiger partial charge in [0.05, 0.1) is 27.9 Å². The summed E-state index contributed by atoms with van der Waals surface area (Å²) < 4.78 is 0. The molecule has 0 aliphatic heterocycles. The van der Waals surface area contributed by atoms with E-state index in [0.717, 1.165) is 16.6 Å². The van der Waals surface area contributed by atoms with Gasteiger partial charge in [0.25, 0.3) is 0 Å². The molecule has 0 fully saturated rings. The van der Waals surface area contributed by atoms with Crippen LogP contribution in [0, 0.1) is 11.3 Å². The summed E-state index contributed by atoms with van der Waals surface area (Å²) in [6.07, 6.45) is 1.69. The third kappa shape index (κ3) is 2.75. The van der Waals surface area contributed by atoms with Crippen molar-refractivity contribution < 1.29 is 0 Å². The third-order valence-electron chi connectivity index (χ3n) is 2.90. The average molecular weight is 315 g/mol. The molecule has 3 aromatic rings. The van der Waals surface area contributed by atoms with Gasteiger partial charge >= 0.3 is 0 Å².